The van der Waals surface area contributed by atoms with Gasteiger partial charge in [0.2, 0.25) is 21.9 Å². The molecule has 1 atom stereocenters. The molecule has 40 heavy (non-hydrogen) atoms. The fourth-order valence-electron chi connectivity index (χ4n) is 5.11. The molecule has 0 bridgehead atoms. The number of pyridine rings is 1. The molecule has 1 aliphatic heterocycles. The van der Waals surface area contributed by atoms with Crippen molar-refractivity contribution < 1.29 is 32.6 Å². The van der Waals surface area contributed by atoms with Crippen molar-refractivity contribution in [1.82, 2.24) is 19.3 Å². The van der Waals surface area contributed by atoms with Crippen molar-refractivity contribution in [2.45, 2.75) is 61.9 Å². The molecule has 5 rings (SSSR count). The van der Waals surface area contributed by atoms with Gasteiger partial charge in [0.25, 0.3) is 0 Å². The third-order valence-corrected chi connectivity index (χ3v) is 9.31. The second-order valence-electron chi connectivity index (χ2n) is 9.94. The quantitative estimate of drug-likeness (QED) is 0.388. The molecular formula is C27H28FN5O6S. The van der Waals surface area contributed by atoms with Crippen LogP contribution in [0, 0.1) is 5.95 Å². The second-order valence-corrected chi connectivity index (χ2v) is 11.8. The highest BCUT2D eigenvalue weighted by Gasteiger charge is 2.45. The number of anilines is 1. The van der Waals surface area contributed by atoms with E-state index in [0.717, 1.165) is 60.1 Å². The van der Waals surface area contributed by atoms with Crippen LogP contribution in [0.25, 0.3) is 0 Å². The maximum absolute atomic E-state index is 13.8. The molecule has 1 saturated heterocycles. The van der Waals surface area contributed by atoms with Gasteiger partial charge in [0.15, 0.2) is 0 Å². The van der Waals surface area contributed by atoms with Gasteiger partial charge < -0.3 is 15.1 Å². The van der Waals surface area contributed by atoms with Crippen LogP contribution in [-0.4, -0.2) is 62.4 Å². The number of nitrogens with zero attached hydrogens (tertiary/aromatic N) is 5. The Hall–Kier alpha value is -3.97. The SMILES string of the molecule is O=C(O)c1ccc(N(Cc2cnc(C3CCCCC3)cn2)C(=O)C2CCN2S(=O)(=O)c2ccc(F)nc2)cc1O. The van der Waals surface area contributed by atoms with Crippen LogP contribution in [-0.2, 0) is 21.4 Å². The Balaban J connectivity index is 1.43. The highest BCUT2D eigenvalue weighted by atomic mass is 32.2. The molecule has 1 unspecified atom stereocenters. The molecule has 2 aliphatic rings. The number of aromatic carboxylic acids is 1. The number of halogens is 1. The third-order valence-electron chi connectivity index (χ3n) is 7.42. The number of hydrogen-bond acceptors (Lipinski definition) is 8. The van der Waals surface area contributed by atoms with E-state index in [-0.39, 0.29) is 35.7 Å². The summed E-state index contributed by atoms with van der Waals surface area (Å²) in [6, 6.07) is 4.62. The van der Waals surface area contributed by atoms with Crippen molar-refractivity contribution in [3.63, 3.8) is 0 Å². The molecule has 3 aromatic rings. The van der Waals surface area contributed by atoms with E-state index >= 15 is 0 Å². The summed E-state index contributed by atoms with van der Waals surface area (Å²) in [5.74, 6) is -2.97. The van der Waals surface area contributed by atoms with E-state index in [4.69, 9.17) is 0 Å². The minimum atomic E-state index is -4.14. The third kappa shape index (κ3) is 5.52. The van der Waals surface area contributed by atoms with Crippen LogP contribution in [0.2, 0.25) is 0 Å². The molecule has 2 aromatic heterocycles. The van der Waals surface area contributed by atoms with Crippen LogP contribution in [0.3, 0.4) is 0 Å². The van der Waals surface area contributed by atoms with Gasteiger partial charge in [-0.25, -0.2) is 18.2 Å². The van der Waals surface area contributed by atoms with Crippen LogP contribution in [0.5, 0.6) is 5.75 Å². The first-order valence-electron chi connectivity index (χ1n) is 13.0. The van der Waals surface area contributed by atoms with Crippen LogP contribution < -0.4 is 4.90 Å². The van der Waals surface area contributed by atoms with Gasteiger partial charge in [-0.2, -0.15) is 8.70 Å². The van der Waals surface area contributed by atoms with Crippen LogP contribution >= 0.6 is 0 Å². The number of carbonyl (C=O) groups is 2. The number of aromatic hydroxyl groups is 1. The van der Waals surface area contributed by atoms with E-state index < -0.39 is 39.6 Å². The summed E-state index contributed by atoms with van der Waals surface area (Å²) in [4.78, 5) is 38.7. The minimum Gasteiger partial charge on any atom is -0.507 e. The van der Waals surface area contributed by atoms with Crippen molar-refractivity contribution in [1.29, 1.82) is 0 Å². The largest absolute Gasteiger partial charge is 0.507 e. The summed E-state index contributed by atoms with van der Waals surface area (Å²) in [5, 5.41) is 19.6. The molecular weight excluding hydrogens is 541 g/mol. The summed E-state index contributed by atoms with van der Waals surface area (Å²) in [6.07, 6.45) is 9.98. The van der Waals surface area contributed by atoms with Gasteiger partial charge in [-0.1, -0.05) is 19.3 Å². The number of benzene rings is 1. The molecule has 2 N–H and O–H groups in total. The first-order chi connectivity index (χ1) is 19.1. The smallest absolute Gasteiger partial charge is 0.339 e. The zero-order valence-corrected chi connectivity index (χ0v) is 22.3. The number of carboxylic acid groups (broad SMARTS) is 1. The van der Waals surface area contributed by atoms with E-state index in [2.05, 4.69) is 15.0 Å². The van der Waals surface area contributed by atoms with Crippen LogP contribution in [0.4, 0.5) is 10.1 Å². The number of aromatic nitrogens is 3. The molecule has 1 aliphatic carbocycles. The lowest BCUT2D eigenvalue weighted by molar-refractivity contribution is -0.125. The van der Waals surface area contributed by atoms with Gasteiger partial charge in [0.1, 0.15) is 22.3 Å². The topological polar surface area (TPSA) is 154 Å². The monoisotopic (exact) mass is 569 g/mol. The Labute approximate surface area is 230 Å². The first-order valence-corrected chi connectivity index (χ1v) is 14.4. The minimum absolute atomic E-state index is 0.0725. The zero-order valence-electron chi connectivity index (χ0n) is 21.5. The summed E-state index contributed by atoms with van der Waals surface area (Å²) in [5.41, 5.74) is 1.14. The van der Waals surface area contributed by atoms with E-state index in [0.29, 0.717) is 11.6 Å². The predicted molar refractivity (Wildman–Crippen MR) is 141 cm³/mol. The fraction of sp³-hybridized carbons (Fsp3) is 0.370. The van der Waals surface area contributed by atoms with Gasteiger partial charge in [0.05, 0.1) is 30.3 Å². The van der Waals surface area contributed by atoms with E-state index in [9.17, 15) is 32.6 Å². The number of carbonyl (C=O) groups excluding carboxylic acids is 1. The van der Waals surface area contributed by atoms with Crippen LogP contribution in [0.15, 0.2) is 53.8 Å². The summed E-state index contributed by atoms with van der Waals surface area (Å²) in [7, 11) is -4.14. The molecule has 2 fully saturated rings. The Kier molecular flexibility index (Phi) is 7.76. The van der Waals surface area contributed by atoms with Crippen molar-refractivity contribution in [3.05, 3.63) is 71.8 Å². The molecule has 3 heterocycles. The normalized spacial score (nSPS) is 18.2. The van der Waals surface area contributed by atoms with Gasteiger partial charge in [-0.05, 0) is 43.5 Å². The maximum Gasteiger partial charge on any atom is 0.339 e. The number of carboxylic acids is 1. The lowest BCUT2D eigenvalue weighted by Gasteiger charge is -2.40. The lowest BCUT2D eigenvalue weighted by Crippen LogP contribution is -2.59. The van der Waals surface area contributed by atoms with Crippen molar-refractivity contribution in [3.8, 4) is 5.75 Å². The molecule has 0 spiro atoms. The molecule has 1 amide bonds. The average molecular weight is 570 g/mol. The summed E-state index contributed by atoms with van der Waals surface area (Å²) < 4.78 is 40.7. The number of sulfonamides is 1. The molecule has 0 radical (unpaired) electrons. The predicted octanol–water partition coefficient (Wildman–Crippen LogP) is 3.46. The Morgan fingerprint density at radius 2 is 1.77 bits per heavy atom. The molecule has 13 heteroatoms. The maximum atomic E-state index is 13.8. The van der Waals surface area contributed by atoms with Crippen molar-refractivity contribution in [2.75, 3.05) is 11.4 Å². The first kappa shape index (κ1) is 27.6. The van der Waals surface area contributed by atoms with Gasteiger partial charge in [-0.15, -0.1) is 0 Å². The highest BCUT2D eigenvalue weighted by Crippen LogP contribution is 2.33. The van der Waals surface area contributed by atoms with Gasteiger partial charge in [-0.3, -0.25) is 14.8 Å². The summed E-state index contributed by atoms with van der Waals surface area (Å²) >= 11 is 0. The number of amides is 1. The Morgan fingerprint density at radius 1 is 1.00 bits per heavy atom. The lowest BCUT2D eigenvalue weighted by atomic mass is 9.87. The highest BCUT2D eigenvalue weighted by molar-refractivity contribution is 7.89. The summed E-state index contributed by atoms with van der Waals surface area (Å²) in [6.45, 7) is -0.0197. The number of phenols is 1. The van der Waals surface area contributed by atoms with Gasteiger partial charge in [0, 0.05) is 30.4 Å². The van der Waals surface area contributed by atoms with Crippen LogP contribution in [0.1, 0.15) is 66.2 Å². The molecule has 1 aromatic carbocycles. The number of hydrogen-bond donors (Lipinski definition) is 2. The Morgan fingerprint density at radius 3 is 2.35 bits per heavy atom. The van der Waals surface area contributed by atoms with E-state index in [1.165, 1.54) is 23.5 Å². The molecule has 1 saturated carbocycles. The fourth-order valence-corrected chi connectivity index (χ4v) is 6.68. The Bertz CT molecular complexity index is 1510. The van der Waals surface area contributed by atoms with Crippen molar-refractivity contribution >= 4 is 27.6 Å². The zero-order chi connectivity index (χ0) is 28.4. The molecule has 210 valence electrons. The van der Waals surface area contributed by atoms with Gasteiger partial charge >= 0.3 is 5.97 Å². The van der Waals surface area contributed by atoms with E-state index in [1.807, 2.05) is 0 Å². The standard InChI is InChI=1S/C27H28FN5O6S/c28-25-9-7-20(14-31-25)40(38,39)33-11-10-23(33)26(35)32(19-6-8-21(27(36)37)24(34)12-19)16-18-13-30-22(15-29-18)17-4-2-1-3-5-17/h6-9,12-15,17,23,34H,1-5,10-11,16H2,(H,36,37). The van der Waals surface area contributed by atoms with E-state index in [1.54, 1.807) is 12.4 Å². The second kappa shape index (κ2) is 11.3. The number of rotatable bonds is 8. The van der Waals surface area contributed by atoms with Crippen molar-refractivity contribution in [2.24, 2.45) is 0 Å². The molecule has 11 nitrogen and oxygen atoms in total. The average Bonchev–Trinajstić information content (AvgIpc) is 2.91.